The lowest BCUT2D eigenvalue weighted by atomic mass is 10.1. The van der Waals surface area contributed by atoms with E-state index in [2.05, 4.69) is 10.5 Å². The number of oxime groups is 1. The number of rotatable bonds is 12. The van der Waals surface area contributed by atoms with Crippen LogP contribution in [0.25, 0.3) is 0 Å². The van der Waals surface area contributed by atoms with Crippen LogP contribution in [0.1, 0.15) is 41.8 Å². The molecule has 186 valence electrons. The maximum absolute atomic E-state index is 15.0. The van der Waals surface area contributed by atoms with Crippen molar-refractivity contribution in [2.75, 3.05) is 32.2 Å². The van der Waals surface area contributed by atoms with Crippen molar-refractivity contribution in [1.82, 2.24) is 5.48 Å². The van der Waals surface area contributed by atoms with Gasteiger partial charge < -0.3 is 20.0 Å². The Hall–Kier alpha value is -3.15. The molecule has 0 aliphatic rings. The van der Waals surface area contributed by atoms with Gasteiger partial charge in [0.25, 0.3) is 5.91 Å². The number of halogens is 3. The maximum atomic E-state index is 15.0. The first-order valence-electron chi connectivity index (χ1n) is 10.4. The van der Waals surface area contributed by atoms with Crippen LogP contribution in [0.3, 0.4) is 0 Å². The second kappa shape index (κ2) is 12.4. The summed E-state index contributed by atoms with van der Waals surface area (Å²) in [6.45, 7) is 4.90. The van der Waals surface area contributed by atoms with E-state index < -0.39 is 40.2 Å². The molecular formula is C23H28F3N3O5. The molecule has 0 atom stereocenters. The van der Waals surface area contributed by atoms with E-state index in [0.29, 0.717) is 12.0 Å². The minimum Gasteiger partial charge on any atom is -0.396 e. The van der Waals surface area contributed by atoms with Crippen LogP contribution in [0, 0.1) is 24.4 Å². The summed E-state index contributed by atoms with van der Waals surface area (Å²) in [5.74, 6) is -4.44. The summed E-state index contributed by atoms with van der Waals surface area (Å²) >= 11 is 0. The van der Waals surface area contributed by atoms with Crippen LogP contribution in [0.2, 0.25) is 0 Å². The fraction of sp³-hybridized carbons (Fsp3) is 0.391. The Balaban J connectivity index is 2.36. The van der Waals surface area contributed by atoms with Crippen LogP contribution in [0.4, 0.5) is 24.5 Å². The SMILES string of the molecule is COC(C)(C)CCO/N=C/c1cc(C(=O)NOCCO)c(Nc2ccc(C)cc2F)c(F)c1F. The smallest absolute Gasteiger partial charge is 0.277 e. The molecule has 34 heavy (non-hydrogen) atoms. The normalized spacial score (nSPS) is 11.6. The number of carbonyl (C=O) groups is 1. The molecule has 0 unspecified atom stereocenters. The van der Waals surface area contributed by atoms with Crippen molar-refractivity contribution in [3.63, 3.8) is 0 Å². The average Bonchev–Trinajstić information content (AvgIpc) is 2.79. The molecule has 0 heterocycles. The van der Waals surface area contributed by atoms with Crippen molar-refractivity contribution in [3.8, 4) is 0 Å². The monoisotopic (exact) mass is 483 g/mol. The molecule has 0 saturated heterocycles. The van der Waals surface area contributed by atoms with E-state index >= 15 is 4.39 Å². The first-order valence-corrected chi connectivity index (χ1v) is 10.4. The third-order valence-corrected chi connectivity index (χ3v) is 4.84. The molecule has 0 fully saturated rings. The highest BCUT2D eigenvalue weighted by molar-refractivity contribution is 6.01. The second-order valence-electron chi connectivity index (χ2n) is 7.91. The lowest BCUT2D eigenvalue weighted by Crippen LogP contribution is -2.26. The third-order valence-electron chi connectivity index (χ3n) is 4.84. The van der Waals surface area contributed by atoms with Crippen molar-refractivity contribution in [1.29, 1.82) is 0 Å². The number of carbonyl (C=O) groups excluding carboxylic acids is 1. The number of aliphatic hydroxyl groups excluding tert-OH is 1. The van der Waals surface area contributed by atoms with E-state index in [1.807, 2.05) is 19.3 Å². The predicted molar refractivity (Wildman–Crippen MR) is 121 cm³/mol. The van der Waals surface area contributed by atoms with Crippen LogP contribution in [0.5, 0.6) is 0 Å². The average molecular weight is 483 g/mol. The molecule has 8 nitrogen and oxygen atoms in total. The van der Waals surface area contributed by atoms with Gasteiger partial charge in [0.1, 0.15) is 12.4 Å². The van der Waals surface area contributed by atoms with Gasteiger partial charge in [-0.15, -0.1) is 0 Å². The summed E-state index contributed by atoms with van der Waals surface area (Å²) in [5.41, 5.74) is 0.628. The van der Waals surface area contributed by atoms with E-state index in [1.165, 1.54) is 12.1 Å². The van der Waals surface area contributed by atoms with Gasteiger partial charge in [0.05, 0.1) is 42.0 Å². The molecule has 1 amide bonds. The number of amides is 1. The first kappa shape index (κ1) is 27.1. The summed E-state index contributed by atoms with van der Waals surface area (Å²) in [6.07, 6.45) is 1.40. The molecule has 11 heteroatoms. The first-order chi connectivity index (χ1) is 16.1. The molecule has 2 rings (SSSR count). The largest absolute Gasteiger partial charge is 0.396 e. The number of nitrogens with zero attached hydrogens (tertiary/aromatic N) is 1. The Morgan fingerprint density at radius 2 is 1.91 bits per heavy atom. The van der Waals surface area contributed by atoms with Crippen LogP contribution < -0.4 is 10.8 Å². The molecule has 0 radical (unpaired) electrons. The highest BCUT2D eigenvalue weighted by atomic mass is 19.2. The number of hydrogen-bond acceptors (Lipinski definition) is 7. The van der Waals surface area contributed by atoms with Crippen molar-refractivity contribution < 1.29 is 37.5 Å². The van der Waals surface area contributed by atoms with Crippen LogP contribution in [0.15, 0.2) is 29.4 Å². The quantitative estimate of drug-likeness (QED) is 0.240. The fourth-order valence-corrected chi connectivity index (χ4v) is 2.65. The molecule has 2 aromatic carbocycles. The van der Waals surface area contributed by atoms with E-state index in [1.54, 1.807) is 20.1 Å². The number of anilines is 2. The summed E-state index contributed by atoms with van der Waals surface area (Å²) in [4.78, 5) is 22.4. The summed E-state index contributed by atoms with van der Waals surface area (Å²) < 4.78 is 49.3. The second-order valence-corrected chi connectivity index (χ2v) is 7.91. The van der Waals surface area contributed by atoms with Crippen molar-refractivity contribution in [2.24, 2.45) is 5.16 Å². The number of hydrogen-bond donors (Lipinski definition) is 3. The van der Waals surface area contributed by atoms with Gasteiger partial charge in [0.15, 0.2) is 11.6 Å². The van der Waals surface area contributed by atoms with E-state index in [4.69, 9.17) is 19.5 Å². The maximum Gasteiger partial charge on any atom is 0.277 e. The number of aryl methyl sites for hydroxylation is 1. The van der Waals surface area contributed by atoms with Crippen molar-refractivity contribution in [2.45, 2.75) is 32.8 Å². The van der Waals surface area contributed by atoms with Crippen molar-refractivity contribution >= 4 is 23.5 Å². The van der Waals surface area contributed by atoms with Gasteiger partial charge in [-0.05, 0) is 44.5 Å². The molecule has 0 aliphatic carbocycles. The zero-order chi connectivity index (χ0) is 25.3. The molecule has 0 bridgehead atoms. The van der Waals surface area contributed by atoms with Gasteiger partial charge in [-0.2, -0.15) is 0 Å². The standard InChI is InChI=1S/C23H28F3N3O5/c1-14-5-6-18(17(24)11-14)28-21-16(22(31)29-34-10-8-30)12-15(19(25)20(21)26)13-27-33-9-7-23(2,3)32-4/h5-6,11-13,28,30H,7-10H2,1-4H3,(H,29,31)/b27-13+. The number of hydroxylamine groups is 1. The van der Waals surface area contributed by atoms with Crippen molar-refractivity contribution in [3.05, 3.63) is 58.4 Å². The molecule has 2 aromatic rings. The Morgan fingerprint density at radius 1 is 1.18 bits per heavy atom. The van der Waals surface area contributed by atoms with Crippen LogP contribution in [-0.2, 0) is 14.4 Å². The highest BCUT2D eigenvalue weighted by Gasteiger charge is 2.23. The fourth-order valence-electron chi connectivity index (χ4n) is 2.65. The minimum atomic E-state index is -1.43. The highest BCUT2D eigenvalue weighted by Crippen LogP contribution is 2.30. The topological polar surface area (TPSA) is 101 Å². The molecule has 0 aliphatic heterocycles. The number of nitrogens with one attached hydrogen (secondary N) is 2. The van der Waals surface area contributed by atoms with E-state index in [9.17, 15) is 13.6 Å². The zero-order valence-electron chi connectivity index (χ0n) is 19.4. The number of methoxy groups -OCH3 is 1. The molecule has 0 aromatic heterocycles. The molecule has 0 spiro atoms. The predicted octanol–water partition coefficient (Wildman–Crippen LogP) is 3.98. The Bertz CT molecular complexity index is 1030. The van der Waals surface area contributed by atoms with E-state index in [0.717, 1.165) is 12.3 Å². The lowest BCUT2D eigenvalue weighted by molar-refractivity contribution is -0.00888. The zero-order valence-corrected chi connectivity index (χ0v) is 19.4. The van der Waals surface area contributed by atoms with Gasteiger partial charge >= 0.3 is 0 Å². The van der Waals surface area contributed by atoms with Gasteiger partial charge in [0.2, 0.25) is 0 Å². The van der Waals surface area contributed by atoms with Crippen LogP contribution in [-0.4, -0.2) is 49.8 Å². The van der Waals surface area contributed by atoms with Gasteiger partial charge in [0, 0.05) is 19.1 Å². The Kier molecular flexibility index (Phi) is 9.84. The minimum absolute atomic E-state index is 0.149. The number of benzene rings is 2. The van der Waals surface area contributed by atoms with Gasteiger partial charge in [-0.3, -0.25) is 9.63 Å². The molecular weight excluding hydrogens is 455 g/mol. The Morgan fingerprint density at radius 3 is 2.56 bits per heavy atom. The summed E-state index contributed by atoms with van der Waals surface area (Å²) in [5, 5.41) is 14.9. The van der Waals surface area contributed by atoms with Crippen LogP contribution >= 0.6 is 0 Å². The van der Waals surface area contributed by atoms with Gasteiger partial charge in [-0.1, -0.05) is 11.2 Å². The molecule has 0 saturated carbocycles. The lowest BCUT2D eigenvalue weighted by Gasteiger charge is -2.21. The number of aliphatic hydroxyl groups is 1. The molecule has 3 N–H and O–H groups in total. The summed E-state index contributed by atoms with van der Waals surface area (Å²) in [6, 6.07) is 5.10. The Labute approximate surface area is 195 Å². The third kappa shape index (κ3) is 7.44. The summed E-state index contributed by atoms with van der Waals surface area (Å²) in [7, 11) is 1.55. The van der Waals surface area contributed by atoms with E-state index in [-0.39, 0.29) is 31.1 Å². The number of ether oxygens (including phenoxy) is 1. The van der Waals surface area contributed by atoms with Gasteiger partial charge in [-0.25, -0.2) is 18.7 Å².